The molecule has 3 heterocycles. The van der Waals surface area contributed by atoms with Crippen molar-refractivity contribution in [2.75, 3.05) is 6.61 Å². The van der Waals surface area contributed by atoms with Crippen molar-refractivity contribution >= 4 is 5.97 Å². The molecular weight excluding hydrogens is 699 g/mol. The highest BCUT2D eigenvalue weighted by atomic mass is 16.5. The van der Waals surface area contributed by atoms with Gasteiger partial charge in [0.1, 0.15) is 24.6 Å². The van der Waals surface area contributed by atoms with Crippen LogP contribution < -0.4 is 11.2 Å². The van der Waals surface area contributed by atoms with E-state index in [1.165, 1.54) is 29.2 Å². The summed E-state index contributed by atoms with van der Waals surface area (Å²) in [6, 6.07) is -0.421. The molecule has 13 atom stereocenters. The monoisotopic (exact) mass is 761 g/mol. The van der Waals surface area contributed by atoms with Gasteiger partial charge in [-0.05, 0) is 129 Å². The van der Waals surface area contributed by atoms with Crippen LogP contribution in [-0.2, 0) is 20.9 Å². The van der Waals surface area contributed by atoms with Crippen molar-refractivity contribution in [1.29, 1.82) is 0 Å². The number of carbonyl (C=O) groups excluding carboxylic acids is 1. The number of nitrogens with one attached hydrogen (secondary N) is 1. The molecule has 1 aliphatic heterocycles. The van der Waals surface area contributed by atoms with Crippen LogP contribution in [0.3, 0.4) is 0 Å². The largest absolute Gasteiger partial charge is 0.459 e. The predicted molar refractivity (Wildman–Crippen MR) is 206 cm³/mol. The van der Waals surface area contributed by atoms with E-state index in [0.717, 1.165) is 51.4 Å². The molecule has 0 aromatic carbocycles. The van der Waals surface area contributed by atoms with Gasteiger partial charge in [-0.2, -0.15) is 0 Å². The molecule has 0 radical (unpaired) electrons. The van der Waals surface area contributed by atoms with Gasteiger partial charge in [-0.15, -0.1) is 5.10 Å². The first kappa shape index (κ1) is 38.8. The minimum absolute atomic E-state index is 0.00643. The zero-order chi connectivity index (χ0) is 39.5. The number of H-pyrrole nitrogens is 1. The number of aromatic amines is 1. The summed E-state index contributed by atoms with van der Waals surface area (Å²) in [5, 5.41) is 30.0. The molecule has 6 fully saturated rings. The van der Waals surface area contributed by atoms with E-state index in [0.29, 0.717) is 35.4 Å². The molecule has 6 aliphatic rings. The maximum absolute atomic E-state index is 14.6. The Kier molecular flexibility index (Phi) is 9.32. The van der Waals surface area contributed by atoms with Crippen LogP contribution in [0.1, 0.15) is 136 Å². The SMILES string of the molecule is C=C(C)[C@@H]1CC[C@]2(C(=O)OCc3cn([C@H]4C[C@H](n5cc(C)c(=O)[nH]c5=O)O[C@@H]4CO)nn3)CC[C@]3(C)[C@H](CC[C@@H]4[C@@]5(C)CC[C@H](O)C(C)(C)[C@@H]5CC[C@]43C)[C@@H]12. The van der Waals surface area contributed by atoms with E-state index in [1.54, 1.807) is 17.8 Å². The van der Waals surface area contributed by atoms with Gasteiger partial charge in [0.15, 0.2) is 0 Å². The second kappa shape index (κ2) is 13.2. The maximum Gasteiger partial charge on any atom is 0.330 e. The van der Waals surface area contributed by atoms with E-state index in [1.807, 2.05) is 0 Å². The number of ether oxygens (including phenoxy) is 2. The number of nitrogens with zero attached hydrogens (tertiary/aromatic N) is 4. The number of aromatic nitrogens is 5. The lowest BCUT2D eigenvalue weighted by Crippen LogP contribution is -2.67. The topological polar surface area (TPSA) is 162 Å². The van der Waals surface area contributed by atoms with Gasteiger partial charge in [-0.1, -0.05) is 52.0 Å². The zero-order valence-electron chi connectivity index (χ0n) is 34.0. The van der Waals surface area contributed by atoms with E-state index in [2.05, 4.69) is 63.4 Å². The molecule has 5 aliphatic carbocycles. The summed E-state index contributed by atoms with van der Waals surface area (Å²) in [4.78, 5) is 41.5. The van der Waals surface area contributed by atoms with Crippen LogP contribution in [0.15, 0.2) is 34.1 Å². The van der Waals surface area contributed by atoms with Gasteiger partial charge in [-0.25, -0.2) is 9.48 Å². The van der Waals surface area contributed by atoms with Crippen molar-refractivity contribution in [3.05, 3.63) is 56.6 Å². The number of hydrogen-bond acceptors (Lipinski definition) is 9. The normalized spacial score (nSPS) is 43.2. The van der Waals surface area contributed by atoms with Crippen LogP contribution in [-0.4, -0.2) is 59.5 Å². The third-order valence-corrected chi connectivity index (χ3v) is 17.5. The fraction of sp³-hybridized carbons (Fsp3) is 0.791. The van der Waals surface area contributed by atoms with Gasteiger partial charge < -0.3 is 19.7 Å². The summed E-state index contributed by atoms with van der Waals surface area (Å²) in [5.41, 5.74) is 0.808. The lowest BCUT2D eigenvalue weighted by atomic mass is 9.32. The van der Waals surface area contributed by atoms with Crippen molar-refractivity contribution in [3.63, 3.8) is 0 Å². The van der Waals surface area contributed by atoms with Crippen molar-refractivity contribution in [1.82, 2.24) is 24.5 Å². The number of fused-ring (bicyclic) bond motifs is 7. The third-order valence-electron chi connectivity index (χ3n) is 17.5. The quantitative estimate of drug-likeness (QED) is 0.226. The fourth-order valence-electron chi connectivity index (χ4n) is 14.4. The summed E-state index contributed by atoms with van der Waals surface area (Å²) in [7, 11) is 0. The Hall–Kier alpha value is -3.09. The highest BCUT2D eigenvalue weighted by Crippen LogP contribution is 2.77. The van der Waals surface area contributed by atoms with E-state index >= 15 is 0 Å². The van der Waals surface area contributed by atoms with Gasteiger partial charge in [0.05, 0.1) is 30.4 Å². The molecule has 2 aromatic rings. The highest BCUT2D eigenvalue weighted by molar-refractivity contribution is 5.78. The molecule has 2 aromatic heterocycles. The van der Waals surface area contributed by atoms with Crippen molar-refractivity contribution in [2.24, 2.45) is 56.7 Å². The van der Waals surface area contributed by atoms with Gasteiger partial charge in [0.25, 0.3) is 5.56 Å². The summed E-state index contributed by atoms with van der Waals surface area (Å²) in [5.74, 6) is 1.82. The predicted octanol–water partition coefficient (Wildman–Crippen LogP) is 6.02. The van der Waals surface area contributed by atoms with Crippen LogP contribution in [0, 0.1) is 63.6 Å². The van der Waals surface area contributed by atoms with Gasteiger partial charge in [0.2, 0.25) is 0 Å². The third kappa shape index (κ3) is 5.57. The summed E-state index contributed by atoms with van der Waals surface area (Å²) in [6.07, 6.45) is 12.1. The first-order valence-electron chi connectivity index (χ1n) is 20.9. The minimum atomic E-state index is -0.704. The number of aliphatic hydroxyl groups excluding tert-OH is 2. The molecule has 55 heavy (non-hydrogen) atoms. The standard InChI is InChI=1S/C43H63N5O7/c1-24(2)27-11-16-43(18-17-41(7)28(35(27)43)9-10-32-40(6)14-13-33(50)39(4,5)31(40)12-15-42(32,41)8)37(52)54-23-26-21-48(46-45-26)29-19-34(55-30(29)22-49)47-20-25(3)36(51)44-38(47)53/h20-21,27-35,49-50H,1,9-19,22-23H2,2-8H3,(H,44,51,53)/t27-,28+,29-,30+,31-,32+,33-,34+,35+,40-,41+,42+,43-/m0/s1. The Morgan fingerprint density at radius 2 is 1.76 bits per heavy atom. The molecule has 8 rings (SSSR count). The number of allylic oxidation sites excluding steroid dienone is 1. The van der Waals surface area contributed by atoms with Gasteiger partial charge >= 0.3 is 11.7 Å². The molecule has 3 N–H and O–H groups in total. The Balaban J connectivity index is 1.01. The molecule has 12 heteroatoms. The van der Waals surface area contributed by atoms with Crippen molar-refractivity contribution in [2.45, 2.75) is 150 Å². The molecule has 1 saturated heterocycles. The Morgan fingerprint density at radius 1 is 1.00 bits per heavy atom. The Morgan fingerprint density at radius 3 is 2.49 bits per heavy atom. The van der Waals surface area contributed by atoms with Gasteiger partial charge in [-0.3, -0.25) is 19.1 Å². The lowest BCUT2D eigenvalue weighted by Gasteiger charge is -2.72. The molecule has 302 valence electrons. The Labute approximate surface area is 324 Å². The van der Waals surface area contributed by atoms with E-state index in [4.69, 9.17) is 9.47 Å². The first-order chi connectivity index (χ1) is 25.9. The zero-order valence-corrected chi connectivity index (χ0v) is 34.0. The summed E-state index contributed by atoms with van der Waals surface area (Å²) >= 11 is 0. The smallest absolute Gasteiger partial charge is 0.330 e. The molecule has 0 bridgehead atoms. The lowest BCUT2D eigenvalue weighted by molar-refractivity contribution is -0.248. The highest BCUT2D eigenvalue weighted by Gasteiger charge is 2.72. The van der Waals surface area contributed by atoms with Crippen molar-refractivity contribution < 1.29 is 24.5 Å². The van der Waals surface area contributed by atoms with Crippen LogP contribution in [0.5, 0.6) is 0 Å². The van der Waals surface area contributed by atoms with E-state index < -0.39 is 35.0 Å². The molecule has 0 spiro atoms. The minimum Gasteiger partial charge on any atom is -0.459 e. The number of carbonyl (C=O) groups is 1. The second-order valence-electron chi connectivity index (χ2n) is 20.1. The summed E-state index contributed by atoms with van der Waals surface area (Å²) < 4.78 is 15.3. The first-order valence-corrected chi connectivity index (χ1v) is 20.9. The average molecular weight is 762 g/mol. The van der Waals surface area contributed by atoms with Crippen LogP contribution in [0.25, 0.3) is 0 Å². The molecular formula is C43H63N5O7. The number of esters is 1. The number of rotatable bonds is 7. The maximum atomic E-state index is 14.6. The van der Waals surface area contributed by atoms with Crippen LogP contribution >= 0.6 is 0 Å². The molecule has 5 saturated carbocycles. The molecule has 12 nitrogen and oxygen atoms in total. The van der Waals surface area contributed by atoms with Crippen LogP contribution in [0.4, 0.5) is 0 Å². The number of aliphatic hydroxyl groups is 2. The average Bonchev–Trinajstić information content (AvgIpc) is 3.88. The number of aryl methyl sites for hydroxylation is 1. The molecule has 0 amide bonds. The number of hydrogen-bond donors (Lipinski definition) is 3. The van der Waals surface area contributed by atoms with Crippen molar-refractivity contribution in [3.8, 4) is 0 Å². The van der Waals surface area contributed by atoms with Gasteiger partial charge in [0, 0.05) is 18.2 Å². The fourth-order valence-corrected chi connectivity index (χ4v) is 14.4. The second-order valence-corrected chi connectivity index (χ2v) is 20.1. The van der Waals surface area contributed by atoms with E-state index in [-0.39, 0.29) is 58.8 Å². The Bertz CT molecular complexity index is 1970. The summed E-state index contributed by atoms with van der Waals surface area (Å²) in [6.45, 7) is 20.3. The van der Waals surface area contributed by atoms with Crippen LogP contribution in [0.2, 0.25) is 0 Å². The van der Waals surface area contributed by atoms with E-state index in [9.17, 15) is 24.6 Å². The molecule has 0 unspecified atom stereocenters.